The van der Waals surface area contributed by atoms with Gasteiger partial charge in [0.15, 0.2) is 0 Å². The molecule has 0 atom stereocenters. The van der Waals surface area contributed by atoms with E-state index >= 15 is 0 Å². The molecular weight excluding hydrogens is 224 g/mol. The largest absolute Gasteiger partial charge is 0.428 e. The van der Waals surface area contributed by atoms with Crippen molar-refractivity contribution in [2.24, 2.45) is 0 Å². The first-order valence-corrected chi connectivity index (χ1v) is 6.97. The summed E-state index contributed by atoms with van der Waals surface area (Å²) in [6, 6.07) is 0. The van der Waals surface area contributed by atoms with Gasteiger partial charge in [0, 0.05) is 32.8 Å². The standard InChI is InChI=1S/C11H26O4Si/c1-4-12-11(13-5-2,14-6-3)9-7-8-10-15-16/h4-10H2,1-3,16H3. The Morgan fingerprint density at radius 3 is 1.75 bits per heavy atom. The van der Waals surface area contributed by atoms with Crippen molar-refractivity contribution in [1.82, 2.24) is 0 Å². The zero-order valence-electron chi connectivity index (χ0n) is 11.1. The Hall–Kier alpha value is 0.0569. The lowest BCUT2D eigenvalue weighted by Crippen LogP contribution is -2.39. The molecular formula is C11H26O4Si. The highest BCUT2D eigenvalue weighted by molar-refractivity contribution is 5.97. The van der Waals surface area contributed by atoms with Crippen LogP contribution in [0.5, 0.6) is 0 Å². The van der Waals surface area contributed by atoms with Gasteiger partial charge in [-0.2, -0.15) is 0 Å². The van der Waals surface area contributed by atoms with Crippen LogP contribution >= 0.6 is 0 Å². The van der Waals surface area contributed by atoms with Crippen molar-refractivity contribution < 1.29 is 18.6 Å². The Balaban J connectivity index is 4.12. The van der Waals surface area contributed by atoms with Gasteiger partial charge in [-0.3, -0.25) is 0 Å². The third-order valence-electron chi connectivity index (χ3n) is 2.17. The molecule has 0 radical (unpaired) electrons. The van der Waals surface area contributed by atoms with Gasteiger partial charge in [-0.05, 0) is 33.6 Å². The second-order valence-electron chi connectivity index (χ2n) is 3.43. The van der Waals surface area contributed by atoms with E-state index in [1.807, 2.05) is 20.8 Å². The molecule has 0 aliphatic carbocycles. The highest BCUT2D eigenvalue weighted by atomic mass is 28.2. The van der Waals surface area contributed by atoms with Crippen molar-refractivity contribution in [3.63, 3.8) is 0 Å². The molecule has 0 aliphatic heterocycles. The molecule has 0 aromatic rings. The molecule has 0 fully saturated rings. The van der Waals surface area contributed by atoms with E-state index in [2.05, 4.69) is 0 Å². The monoisotopic (exact) mass is 250 g/mol. The number of ether oxygens (including phenoxy) is 3. The van der Waals surface area contributed by atoms with Crippen LogP contribution in [0.25, 0.3) is 0 Å². The molecule has 0 amide bonds. The lowest BCUT2D eigenvalue weighted by Gasteiger charge is -2.32. The second-order valence-corrected chi connectivity index (χ2v) is 4.01. The minimum Gasteiger partial charge on any atom is -0.428 e. The Morgan fingerprint density at radius 2 is 1.38 bits per heavy atom. The first kappa shape index (κ1) is 16.1. The Bertz CT molecular complexity index is 138. The molecule has 98 valence electrons. The second kappa shape index (κ2) is 10.2. The summed E-state index contributed by atoms with van der Waals surface area (Å²) in [5.74, 6) is -0.844. The summed E-state index contributed by atoms with van der Waals surface area (Å²) < 4.78 is 22.0. The Kier molecular flexibility index (Phi) is 10.3. The maximum absolute atomic E-state index is 5.61. The SMILES string of the molecule is CCOC(CCCCO[SiH3])(OCC)OCC. The van der Waals surface area contributed by atoms with Crippen LogP contribution in [-0.2, 0) is 18.6 Å². The highest BCUT2D eigenvalue weighted by Gasteiger charge is 2.31. The number of hydrogen-bond acceptors (Lipinski definition) is 4. The fourth-order valence-electron chi connectivity index (χ4n) is 1.59. The third kappa shape index (κ3) is 6.60. The van der Waals surface area contributed by atoms with Gasteiger partial charge in [0.1, 0.15) is 10.5 Å². The van der Waals surface area contributed by atoms with Gasteiger partial charge in [-0.25, -0.2) is 0 Å². The Morgan fingerprint density at radius 1 is 0.875 bits per heavy atom. The van der Waals surface area contributed by atoms with Crippen LogP contribution in [0.3, 0.4) is 0 Å². The predicted octanol–water partition coefficient (Wildman–Crippen LogP) is 1.22. The van der Waals surface area contributed by atoms with Crippen molar-refractivity contribution in [1.29, 1.82) is 0 Å². The van der Waals surface area contributed by atoms with Gasteiger partial charge in [0.25, 0.3) is 5.97 Å². The van der Waals surface area contributed by atoms with E-state index < -0.39 is 5.97 Å². The van der Waals surface area contributed by atoms with Crippen molar-refractivity contribution in [3.05, 3.63) is 0 Å². The molecule has 0 bridgehead atoms. The molecule has 0 saturated carbocycles. The van der Waals surface area contributed by atoms with Crippen molar-refractivity contribution in [2.75, 3.05) is 26.4 Å². The third-order valence-corrected chi connectivity index (χ3v) is 2.58. The fraction of sp³-hybridized carbons (Fsp3) is 1.00. The average molecular weight is 250 g/mol. The van der Waals surface area contributed by atoms with Gasteiger partial charge in [-0.1, -0.05) is 0 Å². The van der Waals surface area contributed by atoms with E-state index in [1.165, 1.54) is 0 Å². The normalized spacial score (nSPS) is 12.2. The van der Waals surface area contributed by atoms with E-state index in [1.54, 1.807) is 0 Å². The molecule has 0 unspecified atom stereocenters. The van der Waals surface area contributed by atoms with Crippen LogP contribution in [0.1, 0.15) is 40.0 Å². The number of rotatable bonds is 11. The molecule has 5 heteroatoms. The number of unbranched alkanes of at least 4 members (excludes halogenated alkanes) is 1. The van der Waals surface area contributed by atoms with Crippen molar-refractivity contribution in [3.8, 4) is 0 Å². The highest BCUT2D eigenvalue weighted by Crippen LogP contribution is 2.23. The van der Waals surface area contributed by atoms with Gasteiger partial charge in [0.2, 0.25) is 0 Å². The summed E-state index contributed by atoms with van der Waals surface area (Å²) in [4.78, 5) is 0. The summed E-state index contributed by atoms with van der Waals surface area (Å²) >= 11 is 0. The van der Waals surface area contributed by atoms with Crippen LogP contribution < -0.4 is 0 Å². The lowest BCUT2D eigenvalue weighted by molar-refractivity contribution is -0.380. The lowest BCUT2D eigenvalue weighted by atomic mass is 10.2. The van der Waals surface area contributed by atoms with Gasteiger partial charge in [-0.15, -0.1) is 0 Å². The quantitative estimate of drug-likeness (QED) is 0.314. The molecule has 0 heterocycles. The maximum Gasteiger partial charge on any atom is 0.282 e. The first-order chi connectivity index (χ1) is 7.74. The van der Waals surface area contributed by atoms with E-state index in [4.69, 9.17) is 18.6 Å². The van der Waals surface area contributed by atoms with Crippen LogP contribution in [0, 0.1) is 0 Å². The molecule has 0 spiro atoms. The molecule has 0 saturated heterocycles. The van der Waals surface area contributed by atoms with Crippen LogP contribution in [-0.4, -0.2) is 42.9 Å². The van der Waals surface area contributed by atoms with Crippen molar-refractivity contribution in [2.45, 2.75) is 46.0 Å². The number of hydrogen-bond donors (Lipinski definition) is 0. The summed E-state index contributed by atoms with van der Waals surface area (Å²) in [5.41, 5.74) is 0. The van der Waals surface area contributed by atoms with E-state index in [0.29, 0.717) is 19.8 Å². The van der Waals surface area contributed by atoms with Gasteiger partial charge < -0.3 is 18.6 Å². The van der Waals surface area contributed by atoms with E-state index in [9.17, 15) is 0 Å². The predicted molar refractivity (Wildman–Crippen MR) is 67.4 cm³/mol. The zero-order valence-corrected chi connectivity index (χ0v) is 13.1. The molecule has 4 nitrogen and oxygen atoms in total. The van der Waals surface area contributed by atoms with Crippen LogP contribution in [0.4, 0.5) is 0 Å². The smallest absolute Gasteiger partial charge is 0.282 e. The molecule has 16 heavy (non-hydrogen) atoms. The molecule has 0 aromatic heterocycles. The average Bonchev–Trinajstić information content (AvgIpc) is 2.26. The maximum atomic E-state index is 5.61. The topological polar surface area (TPSA) is 36.9 Å². The van der Waals surface area contributed by atoms with E-state index in [0.717, 1.165) is 36.4 Å². The summed E-state index contributed by atoms with van der Waals surface area (Å²) in [7, 11) is 0.806. The molecule has 0 rings (SSSR count). The van der Waals surface area contributed by atoms with E-state index in [-0.39, 0.29) is 0 Å². The van der Waals surface area contributed by atoms with Gasteiger partial charge in [0.05, 0.1) is 0 Å². The summed E-state index contributed by atoms with van der Waals surface area (Å²) in [6.07, 6.45) is 2.77. The van der Waals surface area contributed by atoms with Crippen LogP contribution in [0.15, 0.2) is 0 Å². The fourth-order valence-corrected chi connectivity index (χ4v) is 1.88. The van der Waals surface area contributed by atoms with Gasteiger partial charge >= 0.3 is 0 Å². The Labute approximate surface area is 102 Å². The summed E-state index contributed by atoms with van der Waals surface area (Å²) in [5, 5.41) is 0. The molecule has 0 N–H and O–H groups in total. The minimum atomic E-state index is -0.844. The zero-order chi connectivity index (χ0) is 12.3. The summed E-state index contributed by atoms with van der Waals surface area (Å²) in [6.45, 7) is 8.47. The van der Waals surface area contributed by atoms with Crippen LogP contribution in [0.2, 0.25) is 0 Å². The first-order valence-electron chi connectivity index (χ1n) is 6.15. The van der Waals surface area contributed by atoms with Crippen molar-refractivity contribution >= 4 is 10.5 Å². The molecule has 0 aliphatic rings. The minimum absolute atomic E-state index is 0.594. The molecule has 0 aromatic carbocycles.